The number of carboxylic acids is 2. The van der Waals surface area contributed by atoms with Crippen molar-refractivity contribution in [1.29, 1.82) is 0 Å². The highest BCUT2D eigenvalue weighted by Crippen LogP contribution is 2.65. The van der Waals surface area contributed by atoms with Crippen LogP contribution in [0.3, 0.4) is 0 Å². The van der Waals surface area contributed by atoms with E-state index in [2.05, 4.69) is 4.74 Å². The molecule has 0 radical (unpaired) electrons. The average molecular weight is 777 g/mol. The van der Waals surface area contributed by atoms with E-state index >= 15 is 8.78 Å². The smallest absolute Gasteiger partial charge is 0.460 e. The fraction of sp³-hybridized carbons (Fsp3) is 0.889. The summed E-state index contributed by atoms with van der Waals surface area (Å²) in [5.74, 6) is -64.3. The number of carboxylic acid groups (broad SMARTS) is 2. The normalized spacial score (nSPS) is 15.5. The molecule has 0 rings (SSSR count). The van der Waals surface area contributed by atoms with Gasteiger partial charge in [-0.2, -0.15) is 74.6 Å². The van der Waals surface area contributed by atoms with Crippen molar-refractivity contribution in [3.8, 4) is 0 Å². The van der Waals surface area contributed by atoms with Crippen molar-refractivity contribution in [1.82, 2.24) is 0 Å². The topological polar surface area (TPSA) is 101 Å². The first-order valence-electron chi connectivity index (χ1n) is 14.7. The van der Waals surface area contributed by atoms with E-state index in [-0.39, 0.29) is 38.5 Å². The van der Waals surface area contributed by atoms with Crippen LogP contribution in [0.2, 0.25) is 0 Å². The van der Waals surface area contributed by atoms with Crippen LogP contribution in [0, 0.1) is 5.92 Å². The summed E-state index contributed by atoms with van der Waals surface area (Å²) < 4.78 is 238. The predicted octanol–water partition coefficient (Wildman–Crippen LogP) is 9.78. The third kappa shape index (κ3) is 9.96. The van der Waals surface area contributed by atoms with Crippen LogP contribution in [0.25, 0.3) is 0 Å². The molecule has 50 heavy (non-hydrogen) atoms. The maximum Gasteiger partial charge on any atom is 0.460 e. The minimum absolute atomic E-state index is 0.00956. The number of hydrogen-bond acceptors (Lipinski definition) is 4. The van der Waals surface area contributed by atoms with Gasteiger partial charge in [0.05, 0.1) is 6.42 Å². The van der Waals surface area contributed by atoms with E-state index in [1.54, 1.807) is 6.92 Å². The van der Waals surface area contributed by atoms with Crippen LogP contribution in [0.1, 0.15) is 90.4 Å². The van der Waals surface area contributed by atoms with Gasteiger partial charge in [0.25, 0.3) is 0 Å². The van der Waals surface area contributed by atoms with Crippen molar-refractivity contribution in [2.45, 2.75) is 144 Å². The first-order valence-corrected chi connectivity index (χ1v) is 14.7. The molecule has 0 aliphatic rings. The Kier molecular flexibility index (Phi) is 16.2. The zero-order valence-corrected chi connectivity index (χ0v) is 25.8. The average Bonchev–Trinajstić information content (AvgIpc) is 2.95. The van der Waals surface area contributed by atoms with Crippen LogP contribution in [-0.4, -0.2) is 81.9 Å². The molecule has 0 aliphatic heterocycles. The summed E-state index contributed by atoms with van der Waals surface area (Å²) in [6, 6.07) is 0. The van der Waals surface area contributed by atoms with Gasteiger partial charge in [-0.15, -0.1) is 0 Å². The van der Waals surface area contributed by atoms with Crippen molar-refractivity contribution in [2.24, 2.45) is 5.92 Å². The van der Waals surface area contributed by atoms with Crippen molar-refractivity contribution >= 4 is 17.9 Å². The molecule has 2 unspecified atom stereocenters. The van der Waals surface area contributed by atoms with E-state index in [0.29, 0.717) is 6.42 Å². The van der Waals surface area contributed by atoms with Crippen LogP contribution in [0.15, 0.2) is 0 Å². The fourth-order valence-electron chi connectivity index (χ4n) is 4.50. The molecule has 2 atom stereocenters. The lowest BCUT2D eigenvalue weighted by Crippen LogP contribution is -2.74. The molecule has 0 aromatic heterocycles. The molecular weight excluding hydrogens is 743 g/mol. The summed E-state index contributed by atoms with van der Waals surface area (Å²) in [5.41, 5.74) is 0. The zero-order chi connectivity index (χ0) is 39.8. The molecule has 0 spiro atoms. The van der Waals surface area contributed by atoms with E-state index in [1.807, 2.05) is 0 Å². The van der Waals surface area contributed by atoms with Crippen molar-refractivity contribution < 1.29 is 104 Å². The first kappa shape index (κ1) is 47.2. The number of rotatable bonds is 24. The molecule has 0 saturated heterocycles. The molecule has 0 bridgehead atoms. The van der Waals surface area contributed by atoms with Crippen LogP contribution in [0.4, 0.5) is 74.6 Å². The van der Waals surface area contributed by atoms with Gasteiger partial charge < -0.3 is 14.9 Å². The minimum Gasteiger partial charge on any atom is -0.481 e. The summed E-state index contributed by atoms with van der Waals surface area (Å²) in [6.07, 6.45) is -14.7. The monoisotopic (exact) mass is 776 g/mol. The van der Waals surface area contributed by atoms with Gasteiger partial charge in [0.1, 0.15) is 0 Å². The largest absolute Gasteiger partial charge is 0.481 e. The summed E-state index contributed by atoms with van der Waals surface area (Å²) in [5, 5.41) is 17.4. The Balaban J connectivity index is 5.96. The second-order valence-electron chi connectivity index (χ2n) is 11.3. The Morgan fingerprint density at radius 3 is 1.32 bits per heavy atom. The van der Waals surface area contributed by atoms with Crippen LogP contribution < -0.4 is 0 Å². The first-order chi connectivity index (χ1) is 22.3. The number of carbonyl (C=O) groups is 3. The Morgan fingerprint density at radius 2 is 0.920 bits per heavy atom. The van der Waals surface area contributed by atoms with Crippen molar-refractivity contribution in [3.63, 3.8) is 0 Å². The molecule has 0 amide bonds. The van der Waals surface area contributed by atoms with Crippen molar-refractivity contribution in [3.05, 3.63) is 0 Å². The lowest BCUT2D eigenvalue weighted by molar-refractivity contribution is -0.463. The molecular formula is C27H33F17O6. The number of halogens is 17. The number of hydrogen-bond donors (Lipinski definition) is 2. The predicted molar refractivity (Wildman–Crippen MR) is 135 cm³/mol. The lowest BCUT2D eigenvalue weighted by atomic mass is 9.81. The molecule has 0 heterocycles. The molecule has 296 valence electrons. The Hall–Kier alpha value is -2.78. The summed E-state index contributed by atoms with van der Waals surface area (Å²) in [4.78, 5) is 33.2. The van der Waals surface area contributed by atoms with E-state index < -0.39 is 116 Å². The maximum atomic E-state index is 15.0. The molecule has 0 aliphatic carbocycles. The van der Waals surface area contributed by atoms with Gasteiger partial charge in [0.15, 0.2) is 0 Å². The van der Waals surface area contributed by atoms with Gasteiger partial charge in [-0.25, -0.2) is 4.79 Å². The lowest BCUT2D eigenvalue weighted by Gasteiger charge is -2.44. The SMILES string of the molecule is CCCCCCC(CCCCCCCC(=O)OC(CC(=O)O)C(=O)O)C(F)(F)C(F)(F)C(F)(F)C(F)(F)C(F)(F)C(F)(F)C(F)(F)C(F)(F)F. The maximum absolute atomic E-state index is 15.0. The number of ether oxygens (including phenoxy) is 1. The van der Waals surface area contributed by atoms with E-state index in [9.17, 15) is 80.2 Å². The number of unbranched alkanes of at least 4 members (excludes halogenated alkanes) is 7. The summed E-state index contributed by atoms with van der Waals surface area (Å²) in [7, 11) is 0. The van der Waals surface area contributed by atoms with E-state index in [4.69, 9.17) is 10.2 Å². The van der Waals surface area contributed by atoms with Gasteiger partial charge in [0.2, 0.25) is 6.10 Å². The van der Waals surface area contributed by atoms with Gasteiger partial charge in [-0.1, -0.05) is 58.3 Å². The summed E-state index contributed by atoms with van der Waals surface area (Å²) in [6.45, 7) is 1.57. The number of carbonyl (C=O) groups excluding carboxylic acids is 1. The fourth-order valence-corrected chi connectivity index (χ4v) is 4.50. The van der Waals surface area contributed by atoms with Gasteiger partial charge in [-0.05, 0) is 19.3 Å². The zero-order valence-electron chi connectivity index (χ0n) is 25.8. The Labute approximate surface area is 272 Å². The molecule has 0 aromatic rings. The third-order valence-corrected chi connectivity index (χ3v) is 7.51. The van der Waals surface area contributed by atoms with Crippen LogP contribution in [-0.2, 0) is 19.1 Å². The molecule has 0 saturated carbocycles. The van der Waals surface area contributed by atoms with Crippen LogP contribution in [0.5, 0.6) is 0 Å². The highest BCUT2D eigenvalue weighted by molar-refractivity contribution is 5.82. The molecule has 23 heteroatoms. The van der Waals surface area contributed by atoms with Gasteiger partial charge in [0, 0.05) is 12.3 Å². The second kappa shape index (κ2) is 17.2. The van der Waals surface area contributed by atoms with Crippen molar-refractivity contribution in [2.75, 3.05) is 0 Å². The number of esters is 1. The van der Waals surface area contributed by atoms with E-state index in [1.165, 1.54) is 0 Å². The number of alkyl halides is 17. The highest BCUT2D eigenvalue weighted by Gasteiger charge is 2.95. The minimum atomic E-state index is -8.68. The molecule has 0 fully saturated rings. The second-order valence-corrected chi connectivity index (χ2v) is 11.3. The number of aliphatic carboxylic acids is 2. The highest BCUT2D eigenvalue weighted by atomic mass is 19.4. The summed E-state index contributed by atoms with van der Waals surface area (Å²) >= 11 is 0. The third-order valence-electron chi connectivity index (χ3n) is 7.51. The quantitative estimate of drug-likeness (QED) is 0.0576. The van der Waals surface area contributed by atoms with E-state index in [0.717, 1.165) is 0 Å². The standard InChI is InChI=1S/C27H33F17O6/c1-2-3-4-8-11-15(12-9-6-5-7-10-13-18(47)50-16(19(48)49)14-17(45)46)20(28,29)21(30,31)22(32,33)23(34,35)24(36,37)25(38,39)26(40,41)27(42,43)44/h15-16H,2-14H2,1H3,(H,45,46)(H,48,49). The molecule has 0 aromatic carbocycles. The van der Waals surface area contributed by atoms with Crippen LogP contribution >= 0.6 is 0 Å². The van der Waals surface area contributed by atoms with Gasteiger partial charge >= 0.3 is 65.5 Å². The Morgan fingerprint density at radius 1 is 0.540 bits per heavy atom. The van der Waals surface area contributed by atoms with Gasteiger partial charge in [-0.3, -0.25) is 9.59 Å². The molecule has 2 N–H and O–H groups in total. The molecule has 6 nitrogen and oxygen atoms in total. The Bertz CT molecular complexity index is 1120.